The van der Waals surface area contributed by atoms with E-state index in [-0.39, 0.29) is 0 Å². The maximum absolute atomic E-state index is 4.00. The average molecular weight is 859 g/mol. The highest BCUT2D eigenvalue weighted by atomic mass is 15.1. The van der Waals surface area contributed by atoms with Crippen molar-refractivity contribution in [2.45, 2.75) is 332 Å². The van der Waals surface area contributed by atoms with Crippen LogP contribution in [-0.2, 0) is 0 Å². The number of terminal acetylenes is 1. The van der Waals surface area contributed by atoms with Crippen LogP contribution < -0.4 is 0 Å². The Bertz CT molecular complexity index is 741. The monoisotopic (exact) mass is 858 g/mol. The van der Waals surface area contributed by atoms with Gasteiger partial charge < -0.3 is 4.90 Å². The molecule has 0 aliphatic rings. The molecule has 0 fully saturated rings. The number of rotatable bonds is 43. The summed E-state index contributed by atoms with van der Waals surface area (Å²) >= 11 is 0. The molecule has 0 radical (unpaired) electrons. The van der Waals surface area contributed by atoms with E-state index in [1.54, 1.807) is 0 Å². The van der Waals surface area contributed by atoms with E-state index in [2.05, 4.69) is 99.3 Å². The fourth-order valence-electron chi connectivity index (χ4n) is 7.87. The number of allylic oxidation sites excluding steroid dienone is 1. The molecule has 0 aliphatic carbocycles. The smallest absolute Gasteiger partial charge is 0.00187 e. The molecule has 61 heavy (non-hydrogen) atoms. The van der Waals surface area contributed by atoms with E-state index >= 15 is 0 Å². The predicted molar refractivity (Wildman–Crippen MR) is 289 cm³/mol. The zero-order valence-corrected chi connectivity index (χ0v) is 45.0. The number of nitrogens with zero attached hydrogens (tertiary/aromatic N) is 1. The van der Waals surface area contributed by atoms with Crippen molar-refractivity contribution < 1.29 is 0 Å². The van der Waals surface area contributed by atoms with Crippen LogP contribution in [0.4, 0.5) is 0 Å². The maximum Gasteiger partial charge on any atom is -0.00187 e. The summed E-state index contributed by atoms with van der Waals surface area (Å²) in [6.07, 6.45) is 65.6. The third kappa shape index (κ3) is 73.7. The molecule has 1 unspecified atom stereocenters. The number of hydrogen-bond acceptors (Lipinski definition) is 1. The van der Waals surface area contributed by atoms with Crippen LogP contribution in [-0.4, -0.2) is 24.5 Å². The molecule has 0 aromatic carbocycles. The Kier molecular flexibility index (Phi) is 80.1. The summed E-state index contributed by atoms with van der Waals surface area (Å²) in [4.78, 5) is 2.64. The van der Waals surface area contributed by atoms with Gasteiger partial charge in [-0.2, -0.15) is 0 Å². The quantitative estimate of drug-likeness (QED) is 0.0335. The molecule has 0 saturated heterocycles. The van der Waals surface area contributed by atoms with Gasteiger partial charge in [0.05, 0.1) is 0 Å². The number of unbranched alkanes of at least 4 members (excludes halogenated alkanes) is 30. The zero-order valence-electron chi connectivity index (χ0n) is 45.0. The molecular formula is C60H123N. The molecule has 0 bridgehead atoms. The zero-order chi connectivity index (χ0) is 46.6. The van der Waals surface area contributed by atoms with E-state index in [9.17, 15) is 0 Å². The summed E-state index contributed by atoms with van der Waals surface area (Å²) in [5.41, 5.74) is 4.72. The molecular weight excluding hydrogens is 735 g/mol. The highest BCUT2D eigenvalue weighted by Gasteiger charge is 2.03. The molecule has 0 aromatic heterocycles. The third-order valence-corrected chi connectivity index (χ3v) is 12.3. The summed E-state index contributed by atoms with van der Waals surface area (Å²) < 4.78 is 0. The summed E-state index contributed by atoms with van der Waals surface area (Å²) in [5, 5.41) is 0. The van der Waals surface area contributed by atoms with Crippen LogP contribution in [0.3, 0.4) is 0 Å². The molecule has 1 atom stereocenters. The van der Waals surface area contributed by atoms with Crippen LogP contribution in [0.1, 0.15) is 332 Å². The second-order valence-corrected chi connectivity index (χ2v) is 18.7. The first-order chi connectivity index (χ1) is 29.9. The largest absolute Gasteiger partial charge is 0.303 e. The molecule has 0 aromatic rings. The molecule has 0 rings (SSSR count). The van der Waals surface area contributed by atoms with Crippen LogP contribution in [0.25, 0.3) is 0 Å². The summed E-state index contributed by atoms with van der Waals surface area (Å²) in [7, 11) is 0. The molecule has 1 heteroatoms. The van der Waals surface area contributed by atoms with Crippen molar-refractivity contribution in [2.24, 2.45) is 5.92 Å². The fraction of sp³-hybridized carbons (Fsp3) is 0.917. The average Bonchev–Trinajstić information content (AvgIpc) is 3.28. The Morgan fingerprint density at radius 2 is 0.639 bits per heavy atom. The Hall–Kier alpha value is -0.960. The van der Waals surface area contributed by atoms with Gasteiger partial charge in [-0.05, 0) is 76.1 Å². The van der Waals surface area contributed by atoms with Crippen LogP contribution in [0.15, 0.2) is 17.9 Å². The van der Waals surface area contributed by atoms with Crippen molar-refractivity contribution in [1.29, 1.82) is 0 Å². The molecule has 1 nitrogen and oxygen atoms in total. The SMILES string of the molecule is C#C.C=C=C(CCCCCCCCCCC)CCCCCCCN(CCC)CCC.CCCCC.CCCCCCCCCCC(C)CC.CCCCCCCCCCCC. The van der Waals surface area contributed by atoms with Crippen molar-refractivity contribution in [3.05, 3.63) is 17.9 Å². The highest BCUT2D eigenvalue weighted by Crippen LogP contribution is 2.18. The Labute approximate surface area is 392 Å². The van der Waals surface area contributed by atoms with Gasteiger partial charge in [-0.15, -0.1) is 18.6 Å². The minimum atomic E-state index is 0.954. The van der Waals surface area contributed by atoms with Gasteiger partial charge in [-0.1, -0.05) is 294 Å². The lowest BCUT2D eigenvalue weighted by Gasteiger charge is -2.20. The molecule has 0 amide bonds. The lowest BCUT2D eigenvalue weighted by atomic mass is 10.00. The first kappa shape index (κ1) is 69.1. The van der Waals surface area contributed by atoms with Crippen LogP contribution in [0.5, 0.6) is 0 Å². The van der Waals surface area contributed by atoms with E-state index < -0.39 is 0 Å². The minimum absolute atomic E-state index is 0.954. The molecule has 0 saturated carbocycles. The van der Waals surface area contributed by atoms with Gasteiger partial charge in [-0.25, -0.2) is 0 Å². The molecule has 0 spiro atoms. The predicted octanol–water partition coefficient (Wildman–Crippen LogP) is 22.0. The van der Waals surface area contributed by atoms with Crippen LogP contribution in [0.2, 0.25) is 0 Å². The van der Waals surface area contributed by atoms with Gasteiger partial charge >= 0.3 is 0 Å². The summed E-state index contributed by atoms with van der Waals surface area (Å²) in [5.74, 6) is 0.954. The second kappa shape index (κ2) is 70.7. The first-order valence-corrected chi connectivity index (χ1v) is 28.4. The van der Waals surface area contributed by atoms with Crippen LogP contribution >= 0.6 is 0 Å². The maximum atomic E-state index is 4.00. The second-order valence-electron chi connectivity index (χ2n) is 18.7. The Balaban J connectivity index is -0.000000263. The lowest BCUT2D eigenvalue weighted by Crippen LogP contribution is -2.26. The first-order valence-electron chi connectivity index (χ1n) is 28.4. The molecule has 0 N–H and O–H groups in total. The van der Waals surface area contributed by atoms with Gasteiger partial charge in [0.15, 0.2) is 0 Å². The lowest BCUT2D eigenvalue weighted by molar-refractivity contribution is 0.268. The van der Waals surface area contributed by atoms with Gasteiger partial charge in [0.2, 0.25) is 0 Å². The summed E-state index contributed by atoms with van der Waals surface area (Å²) in [6, 6.07) is 0. The minimum Gasteiger partial charge on any atom is -0.303 e. The topological polar surface area (TPSA) is 3.24 Å². The molecule has 0 heterocycles. The van der Waals surface area contributed by atoms with E-state index in [4.69, 9.17) is 0 Å². The van der Waals surface area contributed by atoms with E-state index in [0.717, 1.165) is 5.92 Å². The van der Waals surface area contributed by atoms with Gasteiger partial charge in [-0.3, -0.25) is 0 Å². The highest BCUT2D eigenvalue weighted by molar-refractivity contribution is 4.98. The van der Waals surface area contributed by atoms with Gasteiger partial charge in [0.1, 0.15) is 0 Å². The van der Waals surface area contributed by atoms with Gasteiger partial charge in [0, 0.05) is 0 Å². The molecule has 0 aliphatic heterocycles. The van der Waals surface area contributed by atoms with Crippen molar-refractivity contribution in [3.8, 4) is 12.8 Å². The Morgan fingerprint density at radius 3 is 0.902 bits per heavy atom. The fourth-order valence-corrected chi connectivity index (χ4v) is 7.87. The van der Waals surface area contributed by atoms with E-state index in [1.807, 2.05) is 0 Å². The van der Waals surface area contributed by atoms with Gasteiger partial charge in [0.25, 0.3) is 0 Å². The number of hydrogen-bond donors (Lipinski definition) is 0. The third-order valence-electron chi connectivity index (χ3n) is 12.3. The summed E-state index contributed by atoms with van der Waals surface area (Å²) in [6.45, 7) is 30.6. The molecule has 368 valence electrons. The van der Waals surface area contributed by atoms with Crippen molar-refractivity contribution >= 4 is 0 Å². The van der Waals surface area contributed by atoms with E-state index in [1.165, 1.54) is 288 Å². The van der Waals surface area contributed by atoms with Crippen molar-refractivity contribution in [1.82, 2.24) is 4.90 Å². The van der Waals surface area contributed by atoms with E-state index in [0.29, 0.717) is 0 Å². The standard InChI is InChI=1S/C27H53N.C14H30.C12H26.C5H12.C2H2/c1-5-9-10-11-12-13-14-16-19-22-27(8-4)23-20-17-15-18-21-26-28(24-6-2)25-7-3;1-4-6-7-8-9-10-11-12-13-14(3)5-2;1-3-5-7-9-11-12-10-8-6-4-2;1-3-5-4-2;1-2/h4-7,9-26H2,1-3H3;14H,4-13H2,1-3H3;3-12H2,1-2H3;3-5H2,1-2H3;1-2H. The Morgan fingerprint density at radius 1 is 0.361 bits per heavy atom. The van der Waals surface area contributed by atoms with Crippen molar-refractivity contribution in [2.75, 3.05) is 19.6 Å². The van der Waals surface area contributed by atoms with Crippen LogP contribution in [0, 0.1) is 18.8 Å². The van der Waals surface area contributed by atoms with Crippen molar-refractivity contribution in [3.63, 3.8) is 0 Å². The normalized spacial score (nSPS) is 10.9.